The van der Waals surface area contributed by atoms with Crippen LogP contribution in [0.15, 0.2) is 261 Å². The van der Waals surface area contributed by atoms with Gasteiger partial charge >= 0.3 is 0 Å². The van der Waals surface area contributed by atoms with Gasteiger partial charge in [-0.3, -0.25) is 0 Å². The van der Waals surface area contributed by atoms with E-state index in [2.05, 4.69) is 243 Å². The molecule has 5 aromatic heterocycles. The van der Waals surface area contributed by atoms with Crippen LogP contribution in [0.5, 0.6) is 0 Å². The molecule has 11 aromatic carbocycles. The van der Waals surface area contributed by atoms with Gasteiger partial charge in [-0.25, -0.2) is 15.0 Å². The predicted octanol–water partition coefficient (Wildman–Crippen LogP) is 17.3. The number of hydrogen-bond acceptors (Lipinski definition) is 3. The molecule has 0 atom stereocenters. The van der Waals surface area contributed by atoms with Crippen molar-refractivity contribution in [2.75, 3.05) is 0 Å². The highest BCUT2D eigenvalue weighted by Gasteiger charge is 2.25. The molecule has 0 amide bonds. The smallest absolute Gasteiger partial charge is 0.164 e. The molecular weight excluding hydrogens is 927 g/mol. The molecule has 0 saturated heterocycles. The lowest BCUT2D eigenvalue weighted by Gasteiger charge is -2.17. The van der Waals surface area contributed by atoms with Crippen LogP contribution < -0.4 is 0 Å². The van der Waals surface area contributed by atoms with Crippen LogP contribution in [0.4, 0.5) is 0 Å². The number of hydrogen-bond donors (Lipinski definition) is 0. The van der Waals surface area contributed by atoms with Gasteiger partial charge in [0.1, 0.15) is 0 Å². The summed E-state index contributed by atoms with van der Waals surface area (Å²) in [6.07, 6.45) is 0. The number of benzene rings is 11. The average Bonchev–Trinajstić information content (AvgIpc) is 4.39. The van der Waals surface area contributed by atoms with Crippen LogP contribution in [-0.2, 0) is 0 Å². The monoisotopic (exact) mass is 969 g/mol. The van der Waals surface area contributed by atoms with Crippen LogP contribution in [0.3, 0.4) is 0 Å². The summed E-state index contributed by atoms with van der Waals surface area (Å²) in [5.41, 5.74) is 15.9. The Balaban J connectivity index is 1.08. The van der Waals surface area contributed by atoms with Gasteiger partial charge in [-0.2, -0.15) is 0 Å². The lowest BCUT2D eigenvalue weighted by Crippen LogP contribution is -2.04. The van der Waals surface area contributed by atoms with Gasteiger partial charge in [-0.05, 0) is 78.9 Å². The lowest BCUT2D eigenvalue weighted by molar-refractivity contribution is 1.07. The summed E-state index contributed by atoms with van der Waals surface area (Å²) in [5.74, 6) is 1.79. The zero-order chi connectivity index (χ0) is 49.8. The van der Waals surface area contributed by atoms with Crippen molar-refractivity contribution in [1.29, 1.82) is 0 Å². The molecule has 0 N–H and O–H groups in total. The van der Waals surface area contributed by atoms with E-state index in [0.717, 1.165) is 83.6 Å². The minimum atomic E-state index is 0.578. The first-order valence-electron chi connectivity index (χ1n) is 25.8. The topological polar surface area (TPSA) is 58.4 Å². The van der Waals surface area contributed by atoms with E-state index in [1.54, 1.807) is 0 Å². The number of para-hydroxylation sites is 6. The second-order valence-corrected chi connectivity index (χ2v) is 19.6. The molecule has 0 saturated carbocycles. The van der Waals surface area contributed by atoms with Crippen molar-refractivity contribution < 1.29 is 0 Å². The van der Waals surface area contributed by atoms with Crippen molar-refractivity contribution in [3.8, 4) is 56.9 Å². The summed E-state index contributed by atoms with van der Waals surface area (Å²) < 4.78 is 9.79. The highest BCUT2D eigenvalue weighted by Crippen LogP contribution is 2.46. The summed E-state index contributed by atoms with van der Waals surface area (Å²) in [6.45, 7) is 0. The van der Waals surface area contributed by atoms with Gasteiger partial charge in [0.25, 0.3) is 0 Å². The number of aromatic nitrogens is 7. The van der Waals surface area contributed by atoms with Crippen LogP contribution in [0.1, 0.15) is 0 Å². The Hall–Kier alpha value is -10.4. The van der Waals surface area contributed by atoms with Crippen molar-refractivity contribution >= 4 is 87.2 Å². The van der Waals surface area contributed by atoms with Crippen LogP contribution >= 0.6 is 0 Å². The normalized spacial score (nSPS) is 11.9. The van der Waals surface area contributed by atoms with Gasteiger partial charge in [0, 0.05) is 82.5 Å². The molecule has 354 valence electrons. The summed E-state index contributed by atoms with van der Waals surface area (Å²) in [7, 11) is 0. The third-order valence-electron chi connectivity index (χ3n) is 15.3. The fourth-order valence-electron chi connectivity index (χ4n) is 12.2. The molecule has 0 spiro atoms. The highest BCUT2D eigenvalue weighted by atomic mass is 15.1. The van der Waals surface area contributed by atoms with Gasteiger partial charge in [-0.15, -0.1) is 0 Å². The Morgan fingerprint density at radius 1 is 0.211 bits per heavy atom. The molecule has 76 heavy (non-hydrogen) atoms. The zero-order valence-corrected chi connectivity index (χ0v) is 41.0. The third kappa shape index (κ3) is 6.26. The Kier molecular flexibility index (Phi) is 9.20. The van der Waals surface area contributed by atoms with E-state index in [9.17, 15) is 0 Å². The van der Waals surface area contributed by atoms with Crippen molar-refractivity contribution in [2.24, 2.45) is 0 Å². The van der Waals surface area contributed by atoms with Crippen LogP contribution in [0.2, 0.25) is 0 Å². The van der Waals surface area contributed by atoms with Gasteiger partial charge in [0.2, 0.25) is 0 Å². The Morgan fingerprint density at radius 2 is 0.539 bits per heavy atom. The van der Waals surface area contributed by atoms with Gasteiger partial charge in [0.15, 0.2) is 17.5 Å². The van der Waals surface area contributed by atoms with Gasteiger partial charge in [-0.1, -0.05) is 182 Å². The molecule has 0 aliphatic rings. The van der Waals surface area contributed by atoms with Crippen LogP contribution in [0.25, 0.3) is 144 Å². The van der Waals surface area contributed by atoms with E-state index < -0.39 is 0 Å². The van der Waals surface area contributed by atoms with Crippen LogP contribution in [0, 0.1) is 0 Å². The molecule has 16 aromatic rings. The third-order valence-corrected chi connectivity index (χ3v) is 15.3. The molecule has 0 bridgehead atoms. The summed E-state index contributed by atoms with van der Waals surface area (Å²) in [4.78, 5) is 16.0. The summed E-state index contributed by atoms with van der Waals surface area (Å²) in [5, 5.41) is 9.44. The largest absolute Gasteiger partial charge is 0.309 e. The maximum atomic E-state index is 5.40. The fourth-order valence-corrected chi connectivity index (χ4v) is 12.2. The van der Waals surface area contributed by atoms with Crippen molar-refractivity contribution in [2.45, 2.75) is 0 Å². The molecule has 0 radical (unpaired) electrons. The molecular formula is C69H43N7. The highest BCUT2D eigenvalue weighted by molar-refractivity contribution is 6.28. The fraction of sp³-hybridized carbons (Fsp3) is 0. The Bertz CT molecular complexity index is 4660. The molecule has 7 nitrogen and oxygen atoms in total. The van der Waals surface area contributed by atoms with E-state index in [0.29, 0.717) is 17.5 Å². The predicted molar refractivity (Wildman–Crippen MR) is 313 cm³/mol. The van der Waals surface area contributed by atoms with E-state index in [1.165, 1.54) is 43.1 Å². The summed E-state index contributed by atoms with van der Waals surface area (Å²) in [6, 6.07) is 93.4. The van der Waals surface area contributed by atoms with Crippen LogP contribution in [-0.4, -0.2) is 33.2 Å². The standard InChI is InChI=1S/C69H43N7/c1-5-21-44(22-6-1)67-70-68(45-23-7-2-8-24-45)72-69(71-67)46-41-49(75-57-33-17-13-29-51(57)53-37-39-61-63(65(53)75)55-31-15-19-35-59(55)73(61)47-25-9-3-10-26-47)43-50(42-46)76-58-34-18-14-30-52(58)54-38-40-62-64(66(54)76)56-32-16-20-36-60(56)74(62)48-27-11-4-12-28-48/h1-43H. The first-order chi connectivity index (χ1) is 37.7. The molecule has 0 aliphatic carbocycles. The second kappa shape index (κ2) is 16.6. The average molecular weight is 970 g/mol. The molecule has 0 fully saturated rings. The van der Waals surface area contributed by atoms with Crippen molar-refractivity contribution in [3.05, 3.63) is 261 Å². The second-order valence-electron chi connectivity index (χ2n) is 19.6. The zero-order valence-electron chi connectivity index (χ0n) is 41.0. The molecule has 5 heterocycles. The number of rotatable bonds is 7. The number of nitrogens with zero attached hydrogens (tertiary/aromatic N) is 7. The molecule has 0 unspecified atom stereocenters. The van der Waals surface area contributed by atoms with E-state index in [-0.39, 0.29) is 0 Å². The van der Waals surface area contributed by atoms with Gasteiger partial charge in [0.05, 0.1) is 44.1 Å². The first-order valence-corrected chi connectivity index (χ1v) is 25.8. The summed E-state index contributed by atoms with van der Waals surface area (Å²) >= 11 is 0. The SMILES string of the molecule is c1ccc(-c2nc(-c3ccccc3)nc(-c3cc(-n4c5ccccc5c5ccc6c(c7ccccc7n6-c6ccccc6)c54)cc(-n4c5ccccc5c5ccc6c(c7ccccc7n6-c6ccccc6)c54)c3)n2)cc1. The quantitative estimate of drug-likeness (QED) is 0.160. The maximum absolute atomic E-state index is 5.40. The van der Waals surface area contributed by atoms with E-state index >= 15 is 0 Å². The van der Waals surface area contributed by atoms with E-state index in [1.807, 2.05) is 36.4 Å². The minimum absolute atomic E-state index is 0.578. The maximum Gasteiger partial charge on any atom is 0.164 e. The Labute approximate surface area is 436 Å². The first kappa shape index (κ1) is 42.2. The minimum Gasteiger partial charge on any atom is -0.309 e. The van der Waals surface area contributed by atoms with Gasteiger partial charge < -0.3 is 18.3 Å². The Morgan fingerprint density at radius 3 is 0.947 bits per heavy atom. The van der Waals surface area contributed by atoms with Crippen molar-refractivity contribution in [3.63, 3.8) is 0 Å². The number of fused-ring (bicyclic) bond motifs is 14. The molecule has 16 rings (SSSR count). The lowest BCUT2D eigenvalue weighted by atomic mass is 10.1. The molecule has 7 heteroatoms. The molecule has 0 aliphatic heterocycles. The van der Waals surface area contributed by atoms with E-state index in [4.69, 9.17) is 15.0 Å². The van der Waals surface area contributed by atoms with Crippen molar-refractivity contribution in [1.82, 2.24) is 33.2 Å².